The molecule has 16 heavy (non-hydrogen) atoms. The third-order valence-corrected chi connectivity index (χ3v) is 2.09. The molecular formula is C11H9F4N. The van der Waals surface area contributed by atoms with E-state index in [4.69, 9.17) is 6.42 Å². The third-order valence-electron chi connectivity index (χ3n) is 2.09. The highest BCUT2D eigenvalue weighted by Crippen LogP contribution is 2.34. The standard InChI is InChI=1S/C11H9F4N/c1-3-10(16-2)8-6-7(12)4-5-9(8)11(13,14)15/h1,4-6,10,16H,2H3. The van der Waals surface area contributed by atoms with E-state index in [1.54, 1.807) is 0 Å². The second kappa shape index (κ2) is 4.54. The van der Waals surface area contributed by atoms with Gasteiger partial charge in [0.05, 0.1) is 11.6 Å². The maximum atomic E-state index is 12.9. The molecule has 1 aromatic rings. The molecule has 1 rings (SSSR count). The Balaban J connectivity index is 3.35. The number of nitrogens with one attached hydrogen (secondary N) is 1. The SMILES string of the molecule is C#CC(NC)c1cc(F)ccc1C(F)(F)F. The van der Waals surface area contributed by atoms with Crippen LogP contribution >= 0.6 is 0 Å². The number of rotatable bonds is 2. The van der Waals surface area contributed by atoms with Crippen LogP contribution in [-0.4, -0.2) is 7.05 Å². The summed E-state index contributed by atoms with van der Waals surface area (Å²) in [6.07, 6.45) is 0.529. The van der Waals surface area contributed by atoms with Gasteiger partial charge in [0.25, 0.3) is 0 Å². The molecule has 0 radical (unpaired) electrons. The molecule has 0 bridgehead atoms. The Morgan fingerprint density at radius 1 is 1.38 bits per heavy atom. The highest BCUT2D eigenvalue weighted by atomic mass is 19.4. The number of hydrogen-bond donors (Lipinski definition) is 1. The summed E-state index contributed by atoms with van der Waals surface area (Å²) in [5, 5.41) is 2.50. The molecule has 0 spiro atoms. The van der Waals surface area contributed by atoms with Crippen LogP contribution < -0.4 is 5.32 Å². The smallest absolute Gasteiger partial charge is 0.303 e. The van der Waals surface area contributed by atoms with Crippen LogP contribution in [0.15, 0.2) is 18.2 Å². The monoisotopic (exact) mass is 231 g/mol. The molecule has 0 saturated carbocycles. The van der Waals surface area contributed by atoms with Crippen LogP contribution in [0.4, 0.5) is 17.6 Å². The van der Waals surface area contributed by atoms with Crippen molar-refractivity contribution in [2.45, 2.75) is 12.2 Å². The van der Waals surface area contributed by atoms with Gasteiger partial charge in [-0.25, -0.2) is 4.39 Å². The van der Waals surface area contributed by atoms with E-state index < -0.39 is 23.6 Å². The molecule has 0 aliphatic rings. The van der Waals surface area contributed by atoms with E-state index in [0.29, 0.717) is 6.07 Å². The molecule has 1 N–H and O–H groups in total. The fraction of sp³-hybridized carbons (Fsp3) is 0.273. The van der Waals surface area contributed by atoms with E-state index in [9.17, 15) is 17.6 Å². The Morgan fingerprint density at radius 2 is 2.00 bits per heavy atom. The maximum absolute atomic E-state index is 12.9. The van der Waals surface area contributed by atoms with Gasteiger partial charge in [0.2, 0.25) is 0 Å². The second-order valence-electron chi connectivity index (χ2n) is 3.12. The van der Waals surface area contributed by atoms with Crippen LogP contribution in [-0.2, 0) is 6.18 Å². The molecule has 0 fully saturated rings. The molecule has 0 amide bonds. The lowest BCUT2D eigenvalue weighted by molar-refractivity contribution is -0.138. The van der Waals surface area contributed by atoms with Crippen molar-refractivity contribution in [3.8, 4) is 12.3 Å². The van der Waals surface area contributed by atoms with Gasteiger partial charge in [-0.3, -0.25) is 0 Å². The van der Waals surface area contributed by atoms with Crippen LogP contribution in [0.3, 0.4) is 0 Å². The summed E-state index contributed by atoms with van der Waals surface area (Å²) in [7, 11) is 1.41. The average molecular weight is 231 g/mol. The van der Waals surface area contributed by atoms with E-state index in [-0.39, 0.29) is 5.56 Å². The molecule has 0 heterocycles. The fourth-order valence-corrected chi connectivity index (χ4v) is 1.36. The predicted octanol–water partition coefficient (Wildman–Crippen LogP) is 2.74. The zero-order valence-corrected chi connectivity index (χ0v) is 8.40. The largest absolute Gasteiger partial charge is 0.416 e. The number of terminal acetylenes is 1. The molecule has 0 aliphatic heterocycles. The Bertz CT molecular complexity index is 417. The molecule has 5 heteroatoms. The van der Waals surface area contributed by atoms with E-state index in [1.165, 1.54) is 7.05 Å². The minimum Gasteiger partial charge on any atom is -0.303 e. The topological polar surface area (TPSA) is 12.0 Å². The van der Waals surface area contributed by atoms with Gasteiger partial charge in [-0.05, 0) is 30.8 Å². The highest BCUT2D eigenvalue weighted by Gasteiger charge is 2.34. The van der Waals surface area contributed by atoms with Crippen molar-refractivity contribution in [2.75, 3.05) is 7.05 Å². The molecule has 1 nitrogen and oxygen atoms in total. The first-order valence-corrected chi connectivity index (χ1v) is 4.40. The van der Waals surface area contributed by atoms with E-state index in [0.717, 1.165) is 12.1 Å². The fourth-order valence-electron chi connectivity index (χ4n) is 1.36. The minimum atomic E-state index is -4.55. The lowest BCUT2D eigenvalue weighted by atomic mass is 10.00. The van der Waals surface area contributed by atoms with E-state index in [2.05, 4.69) is 11.2 Å². The normalized spacial score (nSPS) is 13.2. The molecule has 1 atom stereocenters. The van der Waals surface area contributed by atoms with Gasteiger partial charge in [-0.15, -0.1) is 6.42 Å². The number of halogens is 4. The van der Waals surface area contributed by atoms with Gasteiger partial charge < -0.3 is 5.32 Å². The molecule has 1 unspecified atom stereocenters. The average Bonchev–Trinajstić information content (AvgIpc) is 2.17. The summed E-state index contributed by atoms with van der Waals surface area (Å²) < 4.78 is 50.7. The number of alkyl halides is 3. The summed E-state index contributed by atoms with van der Waals surface area (Å²) in [6.45, 7) is 0. The lowest BCUT2D eigenvalue weighted by Crippen LogP contribution is -2.19. The lowest BCUT2D eigenvalue weighted by Gasteiger charge is -2.17. The van der Waals surface area contributed by atoms with Gasteiger partial charge in [0.1, 0.15) is 5.82 Å². The Morgan fingerprint density at radius 3 is 2.44 bits per heavy atom. The van der Waals surface area contributed by atoms with Gasteiger partial charge in [-0.2, -0.15) is 13.2 Å². The zero-order chi connectivity index (χ0) is 12.3. The highest BCUT2D eigenvalue weighted by molar-refractivity contribution is 5.36. The molecule has 86 valence electrons. The summed E-state index contributed by atoms with van der Waals surface area (Å²) in [5.41, 5.74) is -1.20. The molecule has 1 aromatic carbocycles. The third kappa shape index (κ3) is 2.52. The Labute approximate surface area is 90.5 Å². The molecular weight excluding hydrogens is 222 g/mol. The second-order valence-corrected chi connectivity index (χ2v) is 3.12. The summed E-state index contributed by atoms with van der Waals surface area (Å²) in [6, 6.07) is 1.28. The first-order chi connectivity index (χ1) is 7.40. The van der Waals surface area contributed by atoms with Crippen molar-refractivity contribution in [1.29, 1.82) is 0 Å². The van der Waals surface area contributed by atoms with Gasteiger partial charge in [0, 0.05) is 0 Å². The van der Waals surface area contributed by atoms with Crippen molar-refractivity contribution >= 4 is 0 Å². The predicted molar refractivity (Wildman–Crippen MR) is 52.0 cm³/mol. The van der Waals surface area contributed by atoms with Crippen LogP contribution in [0, 0.1) is 18.2 Å². The summed E-state index contributed by atoms with van der Waals surface area (Å²) in [4.78, 5) is 0. The van der Waals surface area contributed by atoms with Gasteiger partial charge >= 0.3 is 6.18 Å². The van der Waals surface area contributed by atoms with Crippen molar-refractivity contribution in [3.63, 3.8) is 0 Å². The van der Waals surface area contributed by atoms with Crippen molar-refractivity contribution < 1.29 is 17.6 Å². The molecule has 0 aliphatic carbocycles. The zero-order valence-electron chi connectivity index (χ0n) is 8.40. The van der Waals surface area contributed by atoms with Crippen molar-refractivity contribution in [3.05, 3.63) is 35.1 Å². The molecule has 0 aromatic heterocycles. The number of hydrogen-bond acceptors (Lipinski definition) is 1. The van der Waals surface area contributed by atoms with Crippen LogP contribution in [0.2, 0.25) is 0 Å². The van der Waals surface area contributed by atoms with Gasteiger partial charge in [-0.1, -0.05) is 5.92 Å². The summed E-state index contributed by atoms with van der Waals surface area (Å²) >= 11 is 0. The Hall–Kier alpha value is -1.54. The van der Waals surface area contributed by atoms with E-state index in [1.807, 2.05) is 0 Å². The van der Waals surface area contributed by atoms with Crippen molar-refractivity contribution in [1.82, 2.24) is 5.32 Å². The van der Waals surface area contributed by atoms with Crippen LogP contribution in [0.1, 0.15) is 17.2 Å². The van der Waals surface area contributed by atoms with Crippen molar-refractivity contribution in [2.24, 2.45) is 0 Å². The quantitative estimate of drug-likeness (QED) is 0.609. The maximum Gasteiger partial charge on any atom is 0.416 e. The molecule has 0 saturated heterocycles. The van der Waals surface area contributed by atoms with Crippen LogP contribution in [0.25, 0.3) is 0 Å². The minimum absolute atomic E-state index is 0.280. The van der Waals surface area contributed by atoms with Gasteiger partial charge in [0.15, 0.2) is 0 Å². The van der Waals surface area contributed by atoms with Crippen LogP contribution in [0.5, 0.6) is 0 Å². The first kappa shape index (κ1) is 12.5. The first-order valence-electron chi connectivity index (χ1n) is 4.40. The summed E-state index contributed by atoms with van der Waals surface area (Å²) in [5.74, 6) is 1.38. The Kier molecular flexibility index (Phi) is 3.55. The number of benzene rings is 1. The van der Waals surface area contributed by atoms with E-state index >= 15 is 0 Å².